The highest BCUT2D eigenvalue weighted by atomic mass is 16.5. The maximum absolute atomic E-state index is 11.5. The van der Waals surface area contributed by atoms with E-state index in [2.05, 4.69) is 16.6 Å². The molecule has 0 saturated heterocycles. The first-order valence-electron chi connectivity index (χ1n) is 6.04. The highest BCUT2D eigenvalue weighted by Gasteiger charge is 2.02. The van der Waals surface area contributed by atoms with E-state index < -0.39 is 0 Å². The van der Waals surface area contributed by atoms with Gasteiger partial charge in [-0.25, -0.2) is 5.43 Å². The molecule has 0 fully saturated rings. The van der Waals surface area contributed by atoms with Crippen molar-refractivity contribution in [2.45, 2.75) is 34.1 Å². The summed E-state index contributed by atoms with van der Waals surface area (Å²) in [7, 11) is 0. The SMILES string of the molecule is CC/C(C)=N/NC(=O)COc1cc(C)cc(C)c1. The van der Waals surface area contributed by atoms with E-state index in [1.807, 2.05) is 39.8 Å². The molecule has 4 nitrogen and oxygen atoms in total. The van der Waals surface area contributed by atoms with Crippen molar-refractivity contribution in [2.24, 2.45) is 5.10 Å². The van der Waals surface area contributed by atoms with Crippen LogP contribution in [-0.2, 0) is 4.79 Å². The number of nitrogens with one attached hydrogen (secondary N) is 1. The molecule has 98 valence electrons. The molecule has 1 amide bonds. The normalized spacial score (nSPS) is 11.2. The molecule has 0 aromatic heterocycles. The molecule has 18 heavy (non-hydrogen) atoms. The summed E-state index contributed by atoms with van der Waals surface area (Å²) in [6, 6.07) is 5.86. The van der Waals surface area contributed by atoms with E-state index in [1.165, 1.54) is 0 Å². The van der Waals surface area contributed by atoms with Crippen molar-refractivity contribution < 1.29 is 9.53 Å². The van der Waals surface area contributed by atoms with Gasteiger partial charge in [-0.05, 0) is 50.5 Å². The van der Waals surface area contributed by atoms with Gasteiger partial charge in [0.1, 0.15) is 5.75 Å². The molecule has 1 aromatic rings. The minimum Gasteiger partial charge on any atom is -0.484 e. The van der Waals surface area contributed by atoms with Crippen molar-refractivity contribution in [3.63, 3.8) is 0 Å². The molecule has 0 aliphatic rings. The number of aryl methyl sites for hydroxylation is 2. The fraction of sp³-hybridized carbons (Fsp3) is 0.429. The maximum Gasteiger partial charge on any atom is 0.277 e. The molecular formula is C14H20N2O2. The molecule has 1 rings (SSSR count). The first-order valence-corrected chi connectivity index (χ1v) is 6.04. The quantitative estimate of drug-likeness (QED) is 0.643. The van der Waals surface area contributed by atoms with Crippen molar-refractivity contribution in [2.75, 3.05) is 6.61 Å². The Morgan fingerprint density at radius 3 is 2.44 bits per heavy atom. The van der Waals surface area contributed by atoms with Gasteiger partial charge >= 0.3 is 0 Å². The predicted octanol–water partition coefficient (Wildman–Crippen LogP) is 2.58. The number of hydrazone groups is 1. The van der Waals surface area contributed by atoms with Crippen LogP contribution in [0, 0.1) is 13.8 Å². The van der Waals surface area contributed by atoms with Crippen molar-refractivity contribution in [3.05, 3.63) is 29.3 Å². The van der Waals surface area contributed by atoms with Crippen LogP contribution in [0.2, 0.25) is 0 Å². The standard InChI is InChI=1S/C14H20N2O2/c1-5-12(4)15-16-14(17)9-18-13-7-10(2)6-11(3)8-13/h6-8H,5,9H2,1-4H3,(H,16,17)/b15-12+. The molecule has 0 heterocycles. The molecule has 0 unspecified atom stereocenters. The van der Waals surface area contributed by atoms with Crippen molar-refractivity contribution in [1.82, 2.24) is 5.43 Å². The summed E-state index contributed by atoms with van der Waals surface area (Å²) >= 11 is 0. The lowest BCUT2D eigenvalue weighted by molar-refractivity contribution is -0.123. The summed E-state index contributed by atoms with van der Waals surface area (Å²) < 4.78 is 5.41. The number of carbonyl (C=O) groups is 1. The number of ether oxygens (including phenoxy) is 1. The Labute approximate surface area is 108 Å². The minimum atomic E-state index is -0.248. The molecular weight excluding hydrogens is 228 g/mol. The summed E-state index contributed by atoms with van der Waals surface area (Å²) in [5, 5.41) is 3.93. The van der Waals surface area contributed by atoms with Gasteiger partial charge in [-0.2, -0.15) is 5.10 Å². The second-order valence-corrected chi connectivity index (χ2v) is 4.35. The molecule has 0 bridgehead atoms. The molecule has 0 aliphatic heterocycles. The van der Waals surface area contributed by atoms with Crippen LogP contribution >= 0.6 is 0 Å². The van der Waals surface area contributed by atoms with Crippen molar-refractivity contribution >= 4 is 11.6 Å². The Balaban J connectivity index is 2.47. The zero-order chi connectivity index (χ0) is 13.5. The predicted molar refractivity (Wildman–Crippen MR) is 73.0 cm³/mol. The van der Waals surface area contributed by atoms with Gasteiger partial charge in [0.2, 0.25) is 0 Å². The van der Waals surface area contributed by atoms with E-state index in [9.17, 15) is 4.79 Å². The smallest absolute Gasteiger partial charge is 0.277 e. The lowest BCUT2D eigenvalue weighted by Gasteiger charge is -2.07. The van der Waals surface area contributed by atoms with Gasteiger partial charge in [-0.15, -0.1) is 0 Å². The van der Waals surface area contributed by atoms with E-state index in [4.69, 9.17) is 4.74 Å². The van der Waals surface area contributed by atoms with Crippen LogP contribution in [0.1, 0.15) is 31.4 Å². The van der Waals surface area contributed by atoms with E-state index in [-0.39, 0.29) is 12.5 Å². The first-order chi connectivity index (χ1) is 8.51. The van der Waals surface area contributed by atoms with Crippen LogP contribution in [0.25, 0.3) is 0 Å². The average Bonchev–Trinajstić information content (AvgIpc) is 2.32. The third-order valence-electron chi connectivity index (χ3n) is 2.45. The maximum atomic E-state index is 11.5. The zero-order valence-corrected chi connectivity index (χ0v) is 11.4. The highest BCUT2D eigenvalue weighted by Crippen LogP contribution is 2.15. The molecule has 4 heteroatoms. The van der Waals surface area contributed by atoms with Crippen molar-refractivity contribution in [3.8, 4) is 5.75 Å². The molecule has 0 saturated carbocycles. The zero-order valence-electron chi connectivity index (χ0n) is 11.4. The second kappa shape index (κ2) is 6.79. The van der Waals surface area contributed by atoms with Gasteiger partial charge in [0, 0.05) is 5.71 Å². The van der Waals surface area contributed by atoms with E-state index in [0.29, 0.717) is 5.75 Å². The van der Waals surface area contributed by atoms with Gasteiger partial charge in [-0.3, -0.25) is 4.79 Å². The molecule has 0 spiro atoms. The summed E-state index contributed by atoms with van der Waals surface area (Å²) in [4.78, 5) is 11.5. The number of rotatable bonds is 5. The van der Waals surface area contributed by atoms with E-state index in [1.54, 1.807) is 0 Å². The lowest BCUT2D eigenvalue weighted by Crippen LogP contribution is -2.25. The topological polar surface area (TPSA) is 50.7 Å². The number of amides is 1. The largest absolute Gasteiger partial charge is 0.484 e. The average molecular weight is 248 g/mol. The van der Waals surface area contributed by atoms with Gasteiger partial charge in [0.15, 0.2) is 6.61 Å². The Morgan fingerprint density at radius 1 is 1.28 bits per heavy atom. The van der Waals surface area contributed by atoms with Gasteiger partial charge in [0.05, 0.1) is 0 Å². The van der Waals surface area contributed by atoms with Crippen LogP contribution in [-0.4, -0.2) is 18.2 Å². The summed E-state index contributed by atoms with van der Waals surface area (Å²) in [6.07, 6.45) is 0.818. The highest BCUT2D eigenvalue weighted by molar-refractivity contribution is 5.84. The Kier molecular flexibility index (Phi) is 5.36. The Bertz CT molecular complexity index is 433. The number of carbonyl (C=O) groups excluding carboxylic acids is 1. The summed E-state index contributed by atoms with van der Waals surface area (Å²) in [5.41, 5.74) is 5.57. The van der Waals surface area contributed by atoms with Crippen molar-refractivity contribution in [1.29, 1.82) is 0 Å². The monoisotopic (exact) mass is 248 g/mol. The fourth-order valence-corrected chi connectivity index (χ4v) is 1.43. The first kappa shape index (κ1) is 14.2. The Morgan fingerprint density at radius 2 is 1.89 bits per heavy atom. The Hall–Kier alpha value is -1.84. The third kappa shape index (κ3) is 4.99. The van der Waals surface area contributed by atoms with Gasteiger partial charge in [-0.1, -0.05) is 13.0 Å². The van der Waals surface area contributed by atoms with Gasteiger partial charge in [0.25, 0.3) is 5.91 Å². The third-order valence-corrected chi connectivity index (χ3v) is 2.45. The second-order valence-electron chi connectivity index (χ2n) is 4.35. The minimum absolute atomic E-state index is 0.0244. The summed E-state index contributed by atoms with van der Waals surface area (Å²) in [5.74, 6) is 0.459. The number of nitrogens with zero attached hydrogens (tertiary/aromatic N) is 1. The molecule has 1 aromatic carbocycles. The van der Waals surface area contributed by atoms with Crippen LogP contribution in [0.3, 0.4) is 0 Å². The molecule has 0 atom stereocenters. The van der Waals surface area contributed by atoms with E-state index in [0.717, 1.165) is 23.3 Å². The van der Waals surface area contributed by atoms with Crippen LogP contribution in [0.5, 0.6) is 5.75 Å². The summed E-state index contributed by atoms with van der Waals surface area (Å²) in [6.45, 7) is 7.81. The van der Waals surface area contributed by atoms with Gasteiger partial charge < -0.3 is 4.74 Å². The fourth-order valence-electron chi connectivity index (χ4n) is 1.43. The number of benzene rings is 1. The molecule has 1 N–H and O–H groups in total. The number of hydrogen-bond acceptors (Lipinski definition) is 3. The lowest BCUT2D eigenvalue weighted by atomic mass is 10.1. The van der Waals surface area contributed by atoms with Crippen LogP contribution < -0.4 is 10.2 Å². The molecule has 0 aliphatic carbocycles. The molecule has 0 radical (unpaired) electrons. The van der Waals surface area contributed by atoms with Crippen LogP contribution in [0.4, 0.5) is 0 Å². The van der Waals surface area contributed by atoms with Crippen LogP contribution in [0.15, 0.2) is 23.3 Å². The van der Waals surface area contributed by atoms with E-state index >= 15 is 0 Å². The number of hydrogen-bond donors (Lipinski definition) is 1.